The minimum absolute atomic E-state index is 0.103. The number of rotatable bonds is 6. The van der Waals surface area contributed by atoms with Gasteiger partial charge in [0.1, 0.15) is 0 Å². The summed E-state index contributed by atoms with van der Waals surface area (Å²) in [5, 5.41) is 0.646. The Balaban J connectivity index is 2.00. The van der Waals surface area contributed by atoms with E-state index < -0.39 is 0 Å². The minimum Gasteiger partial charge on any atom is -0.290 e. The van der Waals surface area contributed by atoms with Gasteiger partial charge in [0.15, 0.2) is 17.6 Å². The summed E-state index contributed by atoms with van der Waals surface area (Å²) in [7, 11) is 2.08. The van der Waals surface area contributed by atoms with E-state index in [4.69, 9.17) is 11.6 Å². The molecule has 0 aliphatic rings. The van der Waals surface area contributed by atoms with Crippen LogP contribution >= 0.6 is 11.6 Å². The van der Waals surface area contributed by atoms with Crippen LogP contribution in [0.1, 0.15) is 35.9 Å². The van der Waals surface area contributed by atoms with Crippen LogP contribution in [0.3, 0.4) is 0 Å². The smallest absolute Gasteiger partial charge is 0.257 e. The molecule has 0 N–H and O–H groups in total. The number of carbonyl (C=O) groups is 1. The Hall–Kier alpha value is -2.13. The molecular weight excluding hydrogens is 320 g/mol. The number of para-hydroxylation sites is 2. The molecule has 24 heavy (non-hydrogen) atoms. The maximum atomic E-state index is 12.7. The number of nitrogens with zero attached hydrogens (tertiary/aromatic N) is 2. The Morgan fingerprint density at radius 2 is 1.83 bits per heavy atom. The molecule has 0 bridgehead atoms. The molecule has 3 rings (SSSR count). The van der Waals surface area contributed by atoms with E-state index in [0.29, 0.717) is 17.1 Å². The van der Waals surface area contributed by atoms with E-state index in [-0.39, 0.29) is 5.78 Å². The number of unbranched alkanes of at least 4 members (excludes halogenated alkanes) is 1. The third kappa shape index (κ3) is 3.22. The summed E-state index contributed by atoms with van der Waals surface area (Å²) in [5.74, 6) is 1.30. The molecule has 0 saturated heterocycles. The summed E-state index contributed by atoms with van der Waals surface area (Å²) in [6.45, 7) is 2.54. The van der Waals surface area contributed by atoms with Gasteiger partial charge in [-0.15, -0.1) is 0 Å². The molecule has 2 aromatic carbocycles. The van der Waals surface area contributed by atoms with Crippen molar-refractivity contribution in [3.63, 3.8) is 0 Å². The van der Waals surface area contributed by atoms with Gasteiger partial charge in [0, 0.05) is 17.0 Å². The number of halogens is 1. The van der Waals surface area contributed by atoms with E-state index in [1.165, 1.54) is 5.82 Å². The Morgan fingerprint density at radius 3 is 2.54 bits per heavy atom. The highest BCUT2D eigenvalue weighted by atomic mass is 35.5. The molecule has 0 amide bonds. The summed E-state index contributed by atoms with van der Waals surface area (Å²) in [6, 6.07) is 15.4. The molecule has 0 spiro atoms. The van der Waals surface area contributed by atoms with Crippen LogP contribution in [0.2, 0.25) is 5.02 Å². The molecule has 1 heterocycles. The van der Waals surface area contributed by atoms with Crippen molar-refractivity contribution in [3.8, 4) is 0 Å². The molecule has 1 aromatic heterocycles. The van der Waals surface area contributed by atoms with Gasteiger partial charge in [0.25, 0.3) is 5.82 Å². The molecule has 0 saturated carbocycles. The van der Waals surface area contributed by atoms with Crippen LogP contribution in [0.5, 0.6) is 0 Å². The normalized spacial score (nSPS) is 11.1. The van der Waals surface area contributed by atoms with Gasteiger partial charge in [0.05, 0.1) is 7.05 Å². The Bertz CT molecular complexity index is 865. The van der Waals surface area contributed by atoms with Crippen molar-refractivity contribution < 1.29 is 9.36 Å². The number of benzene rings is 2. The molecule has 0 aliphatic carbocycles. The quantitative estimate of drug-likeness (QED) is 0.483. The van der Waals surface area contributed by atoms with Crippen molar-refractivity contribution in [2.45, 2.75) is 32.7 Å². The molecule has 0 aliphatic heterocycles. The third-order valence-electron chi connectivity index (χ3n) is 4.45. The van der Waals surface area contributed by atoms with Gasteiger partial charge in [-0.25, -0.2) is 9.13 Å². The third-order valence-corrected chi connectivity index (χ3v) is 4.71. The number of imidazole rings is 1. The van der Waals surface area contributed by atoms with Crippen molar-refractivity contribution in [3.05, 3.63) is 64.9 Å². The lowest BCUT2D eigenvalue weighted by Crippen LogP contribution is -2.33. The number of carbonyl (C=O) groups excluding carboxylic acids is 1. The summed E-state index contributed by atoms with van der Waals surface area (Å²) in [6.07, 6.45) is 3.21. The number of ketones is 1. The molecule has 124 valence electrons. The highest BCUT2D eigenvalue weighted by molar-refractivity contribution is 6.30. The lowest BCUT2D eigenvalue weighted by Gasteiger charge is -2.04. The zero-order valence-corrected chi connectivity index (χ0v) is 14.9. The minimum atomic E-state index is 0.103. The number of Topliss-reactive ketones (excluding diaryl/α,β-unsaturated/α-hetero) is 1. The predicted molar refractivity (Wildman–Crippen MR) is 97.5 cm³/mol. The highest BCUT2D eigenvalue weighted by Crippen LogP contribution is 2.17. The van der Waals surface area contributed by atoms with Gasteiger partial charge >= 0.3 is 0 Å². The molecule has 4 heteroatoms. The summed E-state index contributed by atoms with van der Waals surface area (Å²) < 4.78 is 4.36. The van der Waals surface area contributed by atoms with E-state index in [0.717, 1.165) is 30.3 Å². The topological polar surface area (TPSA) is 25.9 Å². The fourth-order valence-corrected chi connectivity index (χ4v) is 3.25. The van der Waals surface area contributed by atoms with Gasteiger partial charge in [-0.2, -0.15) is 0 Å². The van der Waals surface area contributed by atoms with Gasteiger partial charge < -0.3 is 0 Å². The SMILES string of the molecule is CCCCc1n(CC(=O)c2ccc(Cl)cc2)c2ccccc2[n+]1C. The van der Waals surface area contributed by atoms with Crippen molar-refractivity contribution in [2.75, 3.05) is 0 Å². The lowest BCUT2D eigenvalue weighted by atomic mass is 10.1. The lowest BCUT2D eigenvalue weighted by molar-refractivity contribution is -0.654. The Labute approximate surface area is 147 Å². The second-order valence-electron chi connectivity index (χ2n) is 6.08. The van der Waals surface area contributed by atoms with E-state index in [9.17, 15) is 4.79 Å². The van der Waals surface area contributed by atoms with Crippen molar-refractivity contribution in [2.24, 2.45) is 7.05 Å². The van der Waals surface area contributed by atoms with Crippen molar-refractivity contribution in [1.29, 1.82) is 0 Å². The molecule has 0 radical (unpaired) electrons. The Kier molecular flexibility index (Phi) is 5.00. The fraction of sp³-hybridized carbons (Fsp3) is 0.300. The predicted octanol–water partition coefficient (Wildman–Crippen LogP) is 4.34. The molecule has 3 aromatic rings. The van der Waals surface area contributed by atoms with Crippen LogP contribution in [0, 0.1) is 0 Å². The second-order valence-corrected chi connectivity index (χ2v) is 6.52. The first-order valence-corrected chi connectivity index (χ1v) is 8.74. The monoisotopic (exact) mass is 341 g/mol. The van der Waals surface area contributed by atoms with Crippen molar-refractivity contribution in [1.82, 2.24) is 4.57 Å². The molecular formula is C20H22ClN2O+. The molecule has 3 nitrogen and oxygen atoms in total. The summed E-state index contributed by atoms with van der Waals surface area (Å²) >= 11 is 5.92. The number of hydrogen-bond donors (Lipinski definition) is 0. The van der Waals surface area contributed by atoms with Gasteiger partial charge in [-0.3, -0.25) is 4.79 Å². The number of aromatic nitrogens is 2. The van der Waals surface area contributed by atoms with Gasteiger partial charge in [-0.1, -0.05) is 37.1 Å². The summed E-state index contributed by atoms with van der Waals surface area (Å²) in [4.78, 5) is 12.7. The van der Waals surface area contributed by atoms with E-state index in [2.05, 4.69) is 35.2 Å². The largest absolute Gasteiger partial charge is 0.290 e. The fourth-order valence-electron chi connectivity index (χ4n) is 3.12. The highest BCUT2D eigenvalue weighted by Gasteiger charge is 2.24. The van der Waals surface area contributed by atoms with Crippen LogP contribution in [-0.4, -0.2) is 10.4 Å². The number of aryl methyl sites for hydroxylation is 1. The standard InChI is InChI=1S/C20H22ClN2O/c1-3-4-9-20-22(2)17-7-5-6-8-18(17)23(20)14-19(24)15-10-12-16(21)13-11-15/h5-8,10-13H,3-4,9,14H2,1-2H3/q+1. The Morgan fingerprint density at radius 1 is 1.12 bits per heavy atom. The van der Waals surface area contributed by atoms with Crippen LogP contribution in [0.4, 0.5) is 0 Å². The van der Waals surface area contributed by atoms with Crippen molar-refractivity contribution >= 4 is 28.4 Å². The average molecular weight is 342 g/mol. The van der Waals surface area contributed by atoms with E-state index in [1.54, 1.807) is 24.3 Å². The van der Waals surface area contributed by atoms with Gasteiger partial charge in [0.2, 0.25) is 5.78 Å². The first kappa shape index (κ1) is 16.7. The maximum Gasteiger partial charge on any atom is 0.257 e. The van der Waals surface area contributed by atoms with E-state index in [1.807, 2.05) is 12.1 Å². The first-order chi connectivity index (χ1) is 11.6. The zero-order valence-electron chi connectivity index (χ0n) is 14.1. The van der Waals surface area contributed by atoms with Crippen LogP contribution < -0.4 is 4.57 Å². The van der Waals surface area contributed by atoms with Crippen LogP contribution in [-0.2, 0) is 20.0 Å². The second kappa shape index (κ2) is 7.18. The molecule has 0 fully saturated rings. The summed E-state index contributed by atoms with van der Waals surface area (Å²) in [5.41, 5.74) is 2.96. The number of hydrogen-bond acceptors (Lipinski definition) is 1. The van der Waals surface area contributed by atoms with Crippen LogP contribution in [0.15, 0.2) is 48.5 Å². The average Bonchev–Trinajstić information content (AvgIpc) is 2.86. The van der Waals surface area contributed by atoms with Crippen LogP contribution in [0.25, 0.3) is 11.0 Å². The van der Waals surface area contributed by atoms with Gasteiger partial charge in [-0.05, 0) is 42.8 Å². The number of fused-ring (bicyclic) bond motifs is 1. The maximum absolute atomic E-state index is 12.7. The van der Waals surface area contributed by atoms with E-state index >= 15 is 0 Å². The molecule has 0 unspecified atom stereocenters. The zero-order chi connectivity index (χ0) is 17.1. The first-order valence-electron chi connectivity index (χ1n) is 8.36. The molecule has 0 atom stereocenters.